The number of rotatable bonds is 7. The van der Waals surface area contributed by atoms with E-state index in [4.69, 9.17) is 29.4 Å². The molecule has 2 aliphatic carbocycles. The number of halogens is 1. The van der Waals surface area contributed by atoms with Crippen molar-refractivity contribution in [2.75, 3.05) is 20.3 Å². The maximum Gasteiger partial charge on any atom is 0.202 e. The first-order chi connectivity index (χ1) is 24.0. The third-order valence-electron chi connectivity index (χ3n) is 9.71. The fourth-order valence-electron chi connectivity index (χ4n) is 7.22. The second kappa shape index (κ2) is 15.8. The summed E-state index contributed by atoms with van der Waals surface area (Å²) in [6.45, 7) is 1.35. The van der Waals surface area contributed by atoms with Gasteiger partial charge in [0.15, 0.2) is 24.1 Å². The highest BCUT2D eigenvalue weighted by atomic mass is 35.5. The van der Waals surface area contributed by atoms with E-state index in [1.807, 2.05) is 24.5 Å². The van der Waals surface area contributed by atoms with Crippen molar-refractivity contribution in [2.45, 2.75) is 88.0 Å². The molecule has 1 aromatic heterocycles. The van der Waals surface area contributed by atoms with E-state index in [1.54, 1.807) is 6.92 Å². The lowest BCUT2D eigenvalue weighted by Crippen LogP contribution is -2.55. The molecule has 4 aliphatic rings. The molecular weight excluding hydrogens is 688 g/mol. The van der Waals surface area contributed by atoms with Crippen molar-refractivity contribution in [3.63, 3.8) is 0 Å². The van der Waals surface area contributed by atoms with Gasteiger partial charge in [-0.2, -0.15) is 0 Å². The van der Waals surface area contributed by atoms with Crippen LogP contribution in [0, 0.1) is 0 Å². The Labute approximate surface area is 300 Å². The van der Waals surface area contributed by atoms with Crippen LogP contribution in [0.2, 0.25) is 0 Å². The van der Waals surface area contributed by atoms with Crippen LogP contribution in [0.3, 0.4) is 0 Å². The van der Waals surface area contributed by atoms with E-state index in [9.17, 15) is 34.8 Å². The minimum Gasteiger partial charge on any atom is -0.507 e. The molecule has 15 heteroatoms. The number of methoxy groups -OCH3 is 1. The number of nitrogens with two attached hydrogens (primary N) is 1. The number of fused-ring (bicyclic) bond motifs is 3. The molecule has 7 N–H and O–H groups in total. The maximum atomic E-state index is 13.8. The van der Waals surface area contributed by atoms with E-state index >= 15 is 0 Å². The molecule has 2 saturated heterocycles. The van der Waals surface area contributed by atoms with Crippen LogP contribution in [0.4, 0.5) is 0 Å². The predicted molar refractivity (Wildman–Crippen MR) is 182 cm³/mol. The normalized spacial score (nSPS) is 28.3. The smallest absolute Gasteiger partial charge is 0.202 e. The zero-order valence-corrected chi connectivity index (χ0v) is 29.0. The summed E-state index contributed by atoms with van der Waals surface area (Å²) in [5.41, 5.74) is 2.98. The van der Waals surface area contributed by atoms with Gasteiger partial charge in [0, 0.05) is 61.0 Å². The first-order valence-corrected chi connectivity index (χ1v) is 16.6. The first-order valence-electron chi connectivity index (χ1n) is 16.6. The van der Waals surface area contributed by atoms with Crippen molar-refractivity contribution in [3.05, 3.63) is 76.1 Å². The highest BCUT2D eigenvalue weighted by molar-refractivity contribution is 6.31. The topological polar surface area (TPSA) is 220 Å². The van der Waals surface area contributed by atoms with Crippen molar-refractivity contribution < 1.29 is 58.5 Å². The SMILES string of the molecule is COc1cccc2c1C(=O)c1c(O)c3c(c(O)c1C2=O)C[C@@](O)(C(=O)CO)CC3O[C@H]1C[C@H](N)[C@H](O[C@@H]2CCCCO2)[C@H](C)O1.Cl.c1cc[nH]c1. The Balaban J connectivity index is 0.000000774. The Hall–Kier alpha value is -3.86. The lowest BCUT2D eigenvalue weighted by molar-refractivity contribution is -0.281. The summed E-state index contributed by atoms with van der Waals surface area (Å²) in [6.07, 6.45) is 1.72. The predicted octanol–water partition coefficient (Wildman–Crippen LogP) is 2.99. The van der Waals surface area contributed by atoms with Crippen molar-refractivity contribution in [1.29, 1.82) is 0 Å². The van der Waals surface area contributed by atoms with Gasteiger partial charge in [-0.25, -0.2) is 0 Å². The third kappa shape index (κ3) is 7.28. The number of aliphatic hydroxyl groups is 2. The van der Waals surface area contributed by atoms with Crippen molar-refractivity contribution in [1.82, 2.24) is 4.98 Å². The number of aromatic nitrogens is 1. The number of carbonyl (C=O) groups excluding carboxylic acids is 3. The molecule has 2 aromatic carbocycles. The number of aromatic hydroxyl groups is 2. The van der Waals surface area contributed by atoms with Gasteiger partial charge in [0.1, 0.15) is 35.6 Å². The van der Waals surface area contributed by atoms with Crippen LogP contribution in [-0.4, -0.2) is 99.5 Å². The summed E-state index contributed by atoms with van der Waals surface area (Å²) in [6, 6.07) is 7.74. The minimum absolute atomic E-state index is 0. The molecule has 3 aromatic rings. The summed E-state index contributed by atoms with van der Waals surface area (Å²) in [4.78, 5) is 43.1. The molecule has 7 atom stereocenters. The van der Waals surface area contributed by atoms with Crippen LogP contribution in [0.5, 0.6) is 17.2 Å². The summed E-state index contributed by atoms with van der Waals surface area (Å²) in [5.74, 6) is -3.67. The highest BCUT2D eigenvalue weighted by Crippen LogP contribution is 2.52. The average molecular weight is 731 g/mol. The van der Waals surface area contributed by atoms with Crippen LogP contribution in [0.25, 0.3) is 0 Å². The Morgan fingerprint density at radius 1 is 1.02 bits per heavy atom. The lowest BCUT2D eigenvalue weighted by atomic mass is 9.72. The van der Waals surface area contributed by atoms with Crippen LogP contribution in [0.1, 0.15) is 88.1 Å². The number of aromatic amines is 1. The number of ether oxygens (including phenoxy) is 5. The molecule has 0 bridgehead atoms. The molecule has 3 heterocycles. The van der Waals surface area contributed by atoms with E-state index in [0.717, 1.165) is 19.3 Å². The van der Waals surface area contributed by atoms with E-state index in [-0.39, 0.29) is 46.8 Å². The monoisotopic (exact) mass is 730 g/mol. The van der Waals surface area contributed by atoms with Gasteiger partial charge >= 0.3 is 0 Å². The summed E-state index contributed by atoms with van der Waals surface area (Å²) in [7, 11) is 1.34. The van der Waals surface area contributed by atoms with Crippen LogP contribution in [-0.2, 0) is 30.2 Å². The van der Waals surface area contributed by atoms with Crippen LogP contribution >= 0.6 is 12.4 Å². The molecule has 0 amide bonds. The number of ketones is 3. The summed E-state index contributed by atoms with van der Waals surface area (Å²) in [5, 5.41) is 44.2. The molecular formula is C36H43ClN2O12. The number of nitrogens with one attached hydrogen (secondary N) is 1. The number of hydrogen-bond donors (Lipinski definition) is 6. The highest BCUT2D eigenvalue weighted by Gasteiger charge is 2.50. The van der Waals surface area contributed by atoms with Gasteiger partial charge in [-0.05, 0) is 44.4 Å². The number of phenols is 2. The summed E-state index contributed by atoms with van der Waals surface area (Å²) >= 11 is 0. The quantitative estimate of drug-likeness (QED) is 0.151. The van der Waals surface area contributed by atoms with Gasteiger partial charge in [-0.1, -0.05) is 12.1 Å². The van der Waals surface area contributed by atoms with Crippen molar-refractivity contribution in [2.24, 2.45) is 5.73 Å². The number of phenolic OH excluding ortho intramolecular Hbond substituents is 2. The molecule has 0 saturated carbocycles. The van der Waals surface area contributed by atoms with Crippen molar-refractivity contribution in [3.8, 4) is 17.2 Å². The van der Waals surface area contributed by atoms with Gasteiger partial charge in [-0.3, -0.25) is 14.4 Å². The fraction of sp³-hybridized carbons (Fsp3) is 0.472. The molecule has 2 fully saturated rings. The van der Waals surface area contributed by atoms with Crippen LogP contribution in [0.15, 0.2) is 42.7 Å². The molecule has 14 nitrogen and oxygen atoms in total. The average Bonchev–Trinajstić information content (AvgIpc) is 3.70. The number of aliphatic hydroxyl groups excluding tert-OH is 1. The molecule has 51 heavy (non-hydrogen) atoms. The molecule has 0 spiro atoms. The van der Waals surface area contributed by atoms with Crippen LogP contribution < -0.4 is 10.5 Å². The zero-order valence-electron chi connectivity index (χ0n) is 28.2. The van der Waals surface area contributed by atoms with Crippen molar-refractivity contribution >= 4 is 29.8 Å². The lowest BCUT2D eigenvalue weighted by Gasteiger charge is -2.43. The molecule has 7 rings (SSSR count). The molecule has 0 radical (unpaired) electrons. The van der Waals surface area contributed by atoms with Gasteiger partial charge < -0.3 is 54.8 Å². The zero-order chi connectivity index (χ0) is 35.7. The van der Waals surface area contributed by atoms with Gasteiger partial charge in [0.05, 0.1) is 36.0 Å². The van der Waals surface area contributed by atoms with E-state index in [0.29, 0.717) is 6.61 Å². The third-order valence-corrected chi connectivity index (χ3v) is 9.71. The second-order valence-electron chi connectivity index (χ2n) is 13.0. The fourth-order valence-corrected chi connectivity index (χ4v) is 7.22. The number of benzene rings is 2. The molecule has 1 unspecified atom stereocenters. The van der Waals surface area contributed by atoms with E-state index in [1.165, 1.54) is 25.3 Å². The molecule has 276 valence electrons. The second-order valence-corrected chi connectivity index (χ2v) is 13.0. The number of Topliss-reactive ketones (excluding diaryl/α,β-unsaturated/α-hetero) is 1. The molecule has 2 aliphatic heterocycles. The van der Waals surface area contributed by atoms with Gasteiger partial charge in [-0.15, -0.1) is 12.4 Å². The summed E-state index contributed by atoms with van der Waals surface area (Å²) < 4.78 is 29.5. The number of H-pyrrole nitrogens is 1. The largest absolute Gasteiger partial charge is 0.507 e. The maximum absolute atomic E-state index is 13.8. The van der Waals surface area contributed by atoms with Gasteiger partial charge in [0.25, 0.3) is 0 Å². The number of carbonyl (C=O) groups is 3. The Bertz CT molecular complexity index is 1710. The standard InChI is InChI=1S/C32H37NO12.C4H5N.ClH/c1-14-31(45-21-8-3-4-9-42-21)17(33)10-22(43-14)44-19-12-32(40,20(35)13-34)11-16-24(19)30(39)26-25(28(16)37)27(36)15-6-5-7-18(41-2)23(15)29(26)38;1-2-4-5-3-1;/h5-7,14,17,19,21-22,31,34,37,39-40H,3-4,8-13,33H2,1-2H3;1-5H;1H/t14-,17-,19?,21+,22-,31+,32-;;/m0../s1. The van der Waals surface area contributed by atoms with Gasteiger partial charge in [0.2, 0.25) is 5.78 Å². The Morgan fingerprint density at radius 3 is 2.35 bits per heavy atom. The van der Waals surface area contributed by atoms with E-state index in [2.05, 4.69) is 4.98 Å². The Morgan fingerprint density at radius 2 is 1.75 bits per heavy atom. The number of hydrogen-bond acceptors (Lipinski definition) is 13. The first kappa shape index (κ1) is 38.4. The van der Waals surface area contributed by atoms with E-state index < -0.39 is 102 Å². The minimum atomic E-state index is -2.24. The Kier molecular flexibility index (Phi) is 11.9.